The van der Waals surface area contributed by atoms with Gasteiger partial charge in [0.25, 0.3) is 5.91 Å². The number of hydrogen-bond acceptors (Lipinski definition) is 4. The molecule has 0 radical (unpaired) electrons. The Morgan fingerprint density at radius 3 is 2.20 bits per heavy atom. The van der Waals surface area contributed by atoms with E-state index in [4.69, 9.17) is 11.6 Å². The summed E-state index contributed by atoms with van der Waals surface area (Å²) in [5.74, 6) is -0.327. The van der Waals surface area contributed by atoms with Crippen LogP contribution in [0, 0.1) is 0 Å². The summed E-state index contributed by atoms with van der Waals surface area (Å²) in [7, 11) is 0.142. The van der Waals surface area contributed by atoms with Crippen LogP contribution >= 0.6 is 11.6 Å². The Morgan fingerprint density at radius 1 is 1.04 bits per heavy atom. The molecule has 0 spiro atoms. The van der Waals surface area contributed by atoms with Crippen LogP contribution in [0.1, 0.15) is 10.4 Å². The molecular weight excluding hydrogens is 362 g/mol. The van der Waals surface area contributed by atoms with Crippen molar-refractivity contribution < 1.29 is 13.2 Å². The zero-order valence-corrected chi connectivity index (χ0v) is 15.6. The lowest BCUT2D eigenvalue weighted by molar-refractivity contribution is 0.102. The molecule has 0 heterocycles. The van der Waals surface area contributed by atoms with Crippen molar-refractivity contribution in [1.29, 1.82) is 0 Å². The van der Waals surface area contributed by atoms with E-state index >= 15 is 0 Å². The maximum atomic E-state index is 12.2. The molecule has 0 saturated heterocycles. The van der Waals surface area contributed by atoms with E-state index in [0.717, 1.165) is 0 Å². The van der Waals surface area contributed by atoms with Gasteiger partial charge in [-0.25, -0.2) is 13.1 Å². The molecule has 0 saturated carbocycles. The van der Waals surface area contributed by atoms with E-state index in [9.17, 15) is 13.2 Å². The minimum atomic E-state index is -3.59. The summed E-state index contributed by atoms with van der Waals surface area (Å²) in [4.78, 5) is 14.2. The van der Waals surface area contributed by atoms with Crippen molar-refractivity contribution in [2.45, 2.75) is 4.90 Å². The van der Waals surface area contributed by atoms with Crippen molar-refractivity contribution in [3.8, 4) is 0 Å². The molecule has 2 rings (SSSR count). The minimum absolute atomic E-state index is 0.120. The Balaban J connectivity index is 2.03. The number of nitrogens with zero attached hydrogens (tertiary/aromatic N) is 1. The average molecular weight is 382 g/mol. The maximum Gasteiger partial charge on any atom is 0.255 e. The van der Waals surface area contributed by atoms with Crippen LogP contribution in [-0.2, 0) is 10.0 Å². The first-order chi connectivity index (χ1) is 11.8. The first kappa shape index (κ1) is 19.4. The quantitative estimate of drug-likeness (QED) is 0.772. The molecule has 134 valence electrons. The van der Waals surface area contributed by atoms with Crippen molar-refractivity contribution in [2.75, 3.05) is 32.5 Å². The molecule has 2 aromatic carbocycles. The first-order valence-corrected chi connectivity index (χ1v) is 9.45. The molecule has 2 aromatic rings. The maximum absolute atomic E-state index is 12.2. The topological polar surface area (TPSA) is 78.5 Å². The van der Waals surface area contributed by atoms with Crippen molar-refractivity contribution in [3.05, 3.63) is 59.1 Å². The van der Waals surface area contributed by atoms with Gasteiger partial charge in [-0.3, -0.25) is 4.79 Å². The fraction of sp³-hybridized carbons (Fsp3) is 0.235. The highest BCUT2D eigenvalue weighted by Crippen LogP contribution is 2.15. The zero-order valence-electron chi connectivity index (χ0n) is 14.0. The zero-order chi connectivity index (χ0) is 18.4. The number of nitrogens with one attached hydrogen (secondary N) is 2. The summed E-state index contributed by atoms with van der Waals surface area (Å²) >= 11 is 5.80. The second-order valence-electron chi connectivity index (χ2n) is 5.69. The highest BCUT2D eigenvalue weighted by Gasteiger charge is 2.14. The normalized spacial score (nSPS) is 11.5. The van der Waals surface area contributed by atoms with Crippen molar-refractivity contribution in [3.63, 3.8) is 0 Å². The second kappa shape index (κ2) is 8.44. The number of amides is 1. The SMILES string of the molecule is CN(C)CCNS(=O)(=O)c1ccc(C(=O)Nc2ccc(Cl)cc2)cc1. The number of likely N-dealkylation sites (N-methyl/N-ethyl adjacent to an activating group) is 1. The van der Waals surface area contributed by atoms with Crippen molar-refractivity contribution in [1.82, 2.24) is 9.62 Å². The van der Waals surface area contributed by atoms with Crippen LogP contribution in [0.3, 0.4) is 0 Å². The molecule has 0 bridgehead atoms. The van der Waals surface area contributed by atoms with Gasteiger partial charge in [0.1, 0.15) is 0 Å². The predicted octanol–water partition coefficient (Wildman–Crippen LogP) is 2.43. The summed E-state index contributed by atoms with van der Waals surface area (Å²) in [6, 6.07) is 12.5. The van der Waals surface area contributed by atoms with Crippen LogP contribution in [0.2, 0.25) is 5.02 Å². The number of carbonyl (C=O) groups excluding carboxylic acids is 1. The number of hydrogen-bond donors (Lipinski definition) is 2. The van der Waals surface area contributed by atoms with Gasteiger partial charge < -0.3 is 10.2 Å². The summed E-state index contributed by atoms with van der Waals surface area (Å²) in [6.07, 6.45) is 0. The van der Waals surface area contributed by atoms with Gasteiger partial charge in [0.15, 0.2) is 0 Å². The highest BCUT2D eigenvalue weighted by atomic mass is 35.5. The van der Waals surface area contributed by atoms with Crippen LogP contribution in [0.25, 0.3) is 0 Å². The number of benzene rings is 2. The lowest BCUT2D eigenvalue weighted by Crippen LogP contribution is -2.31. The smallest absolute Gasteiger partial charge is 0.255 e. The summed E-state index contributed by atoms with van der Waals surface area (Å²) in [5.41, 5.74) is 0.971. The predicted molar refractivity (Wildman–Crippen MR) is 99.6 cm³/mol. The molecule has 25 heavy (non-hydrogen) atoms. The molecule has 0 fully saturated rings. The highest BCUT2D eigenvalue weighted by molar-refractivity contribution is 7.89. The van der Waals surface area contributed by atoms with E-state index in [1.807, 2.05) is 19.0 Å². The van der Waals surface area contributed by atoms with E-state index in [2.05, 4.69) is 10.0 Å². The van der Waals surface area contributed by atoms with Crippen LogP contribution in [0.15, 0.2) is 53.4 Å². The number of anilines is 1. The Kier molecular flexibility index (Phi) is 6.55. The molecule has 0 aliphatic carbocycles. The van der Waals surface area contributed by atoms with E-state index < -0.39 is 10.0 Å². The number of sulfonamides is 1. The van der Waals surface area contributed by atoms with Crippen LogP contribution < -0.4 is 10.0 Å². The molecular formula is C17H20ClN3O3S. The van der Waals surface area contributed by atoms with E-state index in [0.29, 0.717) is 29.4 Å². The van der Waals surface area contributed by atoms with Gasteiger partial charge in [0.05, 0.1) is 4.90 Å². The summed E-state index contributed by atoms with van der Waals surface area (Å²) in [6.45, 7) is 0.912. The summed E-state index contributed by atoms with van der Waals surface area (Å²) in [5, 5.41) is 3.30. The van der Waals surface area contributed by atoms with E-state index in [-0.39, 0.29) is 10.8 Å². The van der Waals surface area contributed by atoms with Crippen LogP contribution in [0.5, 0.6) is 0 Å². The van der Waals surface area contributed by atoms with Gasteiger partial charge in [0, 0.05) is 29.4 Å². The molecule has 2 N–H and O–H groups in total. The number of rotatable bonds is 7. The molecule has 0 atom stereocenters. The lowest BCUT2D eigenvalue weighted by atomic mass is 10.2. The molecule has 0 unspecified atom stereocenters. The number of halogens is 1. The standard InChI is InChI=1S/C17H20ClN3O3S/c1-21(2)12-11-19-25(23,24)16-9-3-13(4-10-16)17(22)20-15-7-5-14(18)6-8-15/h3-10,19H,11-12H2,1-2H3,(H,20,22). The Labute approximate surface area is 152 Å². The Bertz CT molecular complexity index is 819. The first-order valence-electron chi connectivity index (χ1n) is 7.59. The minimum Gasteiger partial charge on any atom is -0.322 e. The van der Waals surface area contributed by atoms with Gasteiger partial charge in [-0.05, 0) is 62.6 Å². The van der Waals surface area contributed by atoms with Crippen molar-refractivity contribution >= 4 is 33.2 Å². The molecule has 0 aliphatic rings. The Morgan fingerprint density at radius 2 is 1.64 bits per heavy atom. The molecule has 6 nitrogen and oxygen atoms in total. The van der Waals surface area contributed by atoms with Crippen molar-refractivity contribution in [2.24, 2.45) is 0 Å². The van der Waals surface area contributed by atoms with Gasteiger partial charge in [0.2, 0.25) is 10.0 Å². The van der Waals surface area contributed by atoms with Gasteiger partial charge in [-0.1, -0.05) is 11.6 Å². The van der Waals surface area contributed by atoms with Crippen LogP contribution in [0.4, 0.5) is 5.69 Å². The fourth-order valence-electron chi connectivity index (χ4n) is 2.01. The monoisotopic (exact) mass is 381 g/mol. The van der Waals surface area contributed by atoms with Gasteiger partial charge in [-0.15, -0.1) is 0 Å². The Hall–Kier alpha value is -1.93. The third-order valence-electron chi connectivity index (χ3n) is 3.38. The van der Waals surface area contributed by atoms with Crippen LogP contribution in [-0.4, -0.2) is 46.4 Å². The van der Waals surface area contributed by atoms with E-state index in [1.165, 1.54) is 24.3 Å². The third-order valence-corrected chi connectivity index (χ3v) is 5.11. The number of carbonyl (C=O) groups is 1. The fourth-order valence-corrected chi connectivity index (χ4v) is 3.16. The average Bonchev–Trinajstić information content (AvgIpc) is 2.56. The van der Waals surface area contributed by atoms with E-state index in [1.54, 1.807) is 24.3 Å². The van der Waals surface area contributed by atoms with Gasteiger partial charge in [-0.2, -0.15) is 0 Å². The third kappa shape index (κ3) is 5.82. The lowest BCUT2D eigenvalue weighted by Gasteiger charge is -2.11. The largest absolute Gasteiger partial charge is 0.322 e. The molecule has 0 aliphatic heterocycles. The summed E-state index contributed by atoms with van der Waals surface area (Å²) < 4.78 is 26.9. The molecule has 0 aromatic heterocycles. The molecule has 1 amide bonds. The second-order valence-corrected chi connectivity index (χ2v) is 7.89. The molecule has 8 heteroatoms. The van der Waals surface area contributed by atoms with Gasteiger partial charge >= 0.3 is 0 Å².